The predicted molar refractivity (Wildman–Crippen MR) is 93.7 cm³/mol. The van der Waals surface area contributed by atoms with Crippen LogP contribution in [-0.4, -0.2) is 40.4 Å². The summed E-state index contributed by atoms with van der Waals surface area (Å²) in [7, 11) is 0. The number of aryl methyl sites for hydroxylation is 3. The fourth-order valence-electron chi connectivity index (χ4n) is 3.33. The Morgan fingerprint density at radius 2 is 1.92 bits per heavy atom. The van der Waals surface area contributed by atoms with E-state index in [0.29, 0.717) is 6.04 Å². The maximum absolute atomic E-state index is 13.4. The lowest BCUT2D eigenvalue weighted by atomic mass is 10.0. The largest absolute Gasteiger partial charge is 0.371 e. The summed E-state index contributed by atoms with van der Waals surface area (Å²) in [6.45, 7) is 7.39. The van der Waals surface area contributed by atoms with Gasteiger partial charge in [0.15, 0.2) is 11.6 Å². The molecule has 1 aromatic carbocycles. The second kappa shape index (κ2) is 7.91. The first-order valence-electron chi connectivity index (χ1n) is 8.84. The third-order valence-electron chi connectivity index (χ3n) is 4.71. The number of piperidine rings is 1. The predicted octanol–water partition coefficient (Wildman–Crippen LogP) is 2.82. The lowest BCUT2D eigenvalue weighted by Gasteiger charge is -2.34. The van der Waals surface area contributed by atoms with Crippen LogP contribution in [0.25, 0.3) is 0 Å². The zero-order valence-corrected chi connectivity index (χ0v) is 14.8. The molecule has 1 fully saturated rings. The van der Waals surface area contributed by atoms with Gasteiger partial charge in [0, 0.05) is 37.4 Å². The first kappa shape index (κ1) is 17.8. The molecular weight excluding hydrogens is 324 g/mol. The Bertz CT molecular complexity index is 707. The summed E-state index contributed by atoms with van der Waals surface area (Å²) < 4.78 is 28.3. The standard InChI is InChI=1S/C18H25F2N5/c1-13-22-14(2)25(23-13)9-3-8-21-15-6-10-24(11-7-15)16-4-5-17(19)18(20)12-16/h4-5,12,15,21H,3,6-11H2,1-2H3. The van der Waals surface area contributed by atoms with Crippen LogP contribution in [0.3, 0.4) is 0 Å². The SMILES string of the molecule is Cc1nc(C)n(CCCNC2CCN(c3ccc(F)c(F)c3)CC2)n1. The Morgan fingerprint density at radius 3 is 2.56 bits per heavy atom. The minimum absolute atomic E-state index is 0.472. The van der Waals surface area contributed by atoms with Crippen LogP contribution in [-0.2, 0) is 6.54 Å². The van der Waals surface area contributed by atoms with Crippen molar-refractivity contribution in [2.24, 2.45) is 0 Å². The van der Waals surface area contributed by atoms with Gasteiger partial charge in [-0.3, -0.25) is 4.68 Å². The monoisotopic (exact) mass is 349 g/mol. The molecule has 25 heavy (non-hydrogen) atoms. The summed E-state index contributed by atoms with van der Waals surface area (Å²) in [6.07, 6.45) is 3.01. The van der Waals surface area contributed by atoms with E-state index in [9.17, 15) is 8.78 Å². The number of hydrogen-bond donors (Lipinski definition) is 1. The van der Waals surface area contributed by atoms with E-state index in [-0.39, 0.29) is 0 Å². The molecule has 0 atom stereocenters. The van der Waals surface area contributed by atoms with Gasteiger partial charge in [0.1, 0.15) is 11.6 Å². The van der Waals surface area contributed by atoms with E-state index < -0.39 is 11.6 Å². The maximum Gasteiger partial charge on any atom is 0.160 e. The van der Waals surface area contributed by atoms with Gasteiger partial charge in [-0.1, -0.05) is 0 Å². The third-order valence-corrected chi connectivity index (χ3v) is 4.71. The molecule has 5 nitrogen and oxygen atoms in total. The quantitative estimate of drug-likeness (QED) is 0.815. The Labute approximate surface area is 147 Å². The van der Waals surface area contributed by atoms with Crippen LogP contribution in [0.1, 0.15) is 30.9 Å². The van der Waals surface area contributed by atoms with Crippen LogP contribution in [0.15, 0.2) is 18.2 Å². The summed E-state index contributed by atoms with van der Waals surface area (Å²) >= 11 is 0. The molecule has 2 heterocycles. The number of nitrogens with one attached hydrogen (secondary N) is 1. The first-order valence-corrected chi connectivity index (χ1v) is 8.84. The Hall–Kier alpha value is -2.02. The van der Waals surface area contributed by atoms with Gasteiger partial charge in [0.25, 0.3) is 0 Å². The molecule has 2 aromatic rings. The number of nitrogens with zero attached hydrogens (tertiary/aromatic N) is 4. The summed E-state index contributed by atoms with van der Waals surface area (Å²) in [6, 6.07) is 4.60. The molecule has 1 saturated heterocycles. The van der Waals surface area contributed by atoms with Crippen molar-refractivity contribution in [1.82, 2.24) is 20.1 Å². The topological polar surface area (TPSA) is 46.0 Å². The van der Waals surface area contributed by atoms with Crippen LogP contribution < -0.4 is 10.2 Å². The lowest BCUT2D eigenvalue weighted by Crippen LogP contribution is -2.43. The van der Waals surface area contributed by atoms with Crippen molar-refractivity contribution in [3.8, 4) is 0 Å². The normalized spacial score (nSPS) is 15.8. The van der Waals surface area contributed by atoms with Crippen molar-refractivity contribution >= 4 is 5.69 Å². The van der Waals surface area contributed by atoms with Gasteiger partial charge in [-0.05, 0) is 51.8 Å². The molecule has 1 aliphatic heterocycles. The lowest BCUT2D eigenvalue weighted by molar-refractivity contribution is 0.402. The van der Waals surface area contributed by atoms with Gasteiger partial charge in [0.2, 0.25) is 0 Å². The smallest absolute Gasteiger partial charge is 0.160 e. The molecular formula is C18H25F2N5. The maximum atomic E-state index is 13.4. The molecule has 0 unspecified atom stereocenters. The van der Waals surface area contributed by atoms with E-state index >= 15 is 0 Å². The van der Waals surface area contributed by atoms with Gasteiger partial charge >= 0.3 is 0 Å². The summed E-state index contributed by atoms with van der Waals surface area (Å²) in [5.41, 5.74) is 0.759. The summed E-state index contributed by atoms with van der Waals surface area (Å²) in [5, 5.41) is 7.95. The first-order chi connectivity index (χ1) is 12.0. The zero-order valence-electron chi connectivity index (χ0n) is 14.8. The summed E-state index contributed by atoms with van der Waals surface area (Å²) in [5.74, 6) is 0.196. The van der Waals surface area contributed by atoms with Crippen LogP contribution in [0.4, 0.5) is 14.5 Å². The van der Waals surface area contributed by atoms with Crippen molar-refractivity contribution in [2.45, 2.75) is 45.7 Å². The number of rotatable bonds is 6. The number of benzene rings is 1. The molecule has 3 rings (SSSR count). The molecule has 0 spiro atoms. The molecule has 136 valence electrons. The molecule has 1 aliphatic rings. The minimum atomic E-state index is -0.793. The van der Waals surface area contributed by atoms with Gasteiger partial charge < -0.3 is 10.2 Å². The van der Waals surface area contributed by atoms with Gasteiger partial charge in [-0.15, -0.1) is 0 Å². The second-order valence-corrected chi connectivity index (χ2v) is 6.60. The van der Waals surface area contributed by atoms with Crippen LogP contribution in [0.5, 0.6) is 0 Å². The minimum Gasteiger partial charge on any atom is -0.371 e. The fourth-order valence-corrected chi connectivity index (χ4v) is 3.33. The molecule has 1 aromatic heterocycles. The molecule has 7 heteroatoms. The summed E-state index contributed by atoms with van der Waals surface area (Å²) in [4.78, 5) is 6.42. The Kier molecular flexibility index (Phi) is 5.63. The van der Waals surface area contributed by atoms with Gasteiger partial charge in [-0.25, -0.2) is 13.8 Å². The van der Waals surface area contributed by atoms with E-state index in [0.717, 1.165) is 62.8 Å². The van der Waals surface area contributed by atoms with Crippen molar-refractivity contribution in [1.29, 1.82) is 0 Å². The van der Waals surface area contributed by atoms with E-state index in [1.165, 1.54) is 12.1 Å². The van der Waals surface area contributed by atoms with E-state index in [1.54, 1.807) is 6.07 Å². The van der Waals surface area contributed by atoms with Crippen molar-refractivity contribution in [2.75, 3.05) is 24.5 Å². The highest BCUT2D eigenvalue weighted by atomic mass is 19.2. The third kappa shape index (κ3) is 4.54. The number of anilines is 1. The molecule has 0 aliphatic carbocycles. The molecule has 1 N–H and O–H groups in total. The van der Waals surface area contributed by atoms with Gasteiger partial charge in [0.05, 0.1) is 0 Å². The fraction of sp³-hybridized carbons (Fsp3) is 0.556. The Morgan fingerprint density at radius 1 is 1.16 bits per heavy atom. The van der Waals surface area contributed by atoms with E-state index in [4.69, 9.17) is 0 Å². The second-order valence-electron chi connectivity index (χ2n) is 6.60. The van der Waals surface area contributed by atoms with Crippen LogP contribution in [0.2, 0.25) is 0 Å². The van der Waals surface area contributed by atoms with Crippen molar-refractivity contribution in [3.63, 3.8) is 0 Å². The average Bonchev–Trinajstić information content (AvgIpc) is 2.92. The zero-order chi connectivity index (χ0) is 17.8. The highest BCUT2D eigenvalue weighted by Gasteiger charge is 2.19. The van der Waals surface area contributed by atoms with E-state index in [1.807, 2.05) is 18.5 Å². The molecule has 0 radical (unpaired) electrons. The van der Waals surface area contributed by atoms with Crippen LogP contribution >= 0.6 is 0 Å². The van der Waals surface area contributed by atoms with Crippen molar-refractivity contribution < 1.29 is 8.78 Å². The van der Waals surface area contributed by atoms with E-state index in [2.05, 4.69) is 20.3 Å². The molecule has 0 bridgehead atoms. The molecule has 0 saturated carbocycles. The average molecular weight is 349 g/mol. The van der Waals surface area contributed by atoms with Crippen molar-refractivity contribution in [3.05, 3.63) is 41.5 Å². The molecule has 0 amide bonds. The Balaban J connectivity index is 1.39. The van der Waals surface area contributed by atoms with Gasteiger partial charge in [-0.2, -0.15) is 5.10 Å². The number of hydrogen-bond acceptors (Lipinski definition) is 4. The van der Waals surface area contributed by atoms with Crippen LogP contribution in [0, 0.1) is 25.5 Å². The number of aromatic nitrogens is 3. The number of halogens is 2. The highest BCUT2D eigenvalue weighted by molar-refractivity contribution is 5.47. The highest BCUT2D eigenvalue weighted by Crippen LogP contribution is 2.22.